The van der Waals surface area contributed by atoms with Crippen molar-refractivity contribution in [3.8, 4) is 12.1 Å². The molecule has 6 nitrogen and oxygen atoms in total. The lowest BCUT2D eigenvalue weighted by Gasteiger charge is -2.36. The van der Waals surface area contributed by atoms with E-state index in [1.54, 1.807) is 13.1 Å². The molecule has 0 aliphatic carbocycles. The summed E-state index contributed by atoms with van der Waals surface area (Å²) in [6, 6.07) is 10.3. The number of aliphatic imine (C=N–C) groups is 1. The quantitative estimate of drug-likeness (QED) is 0.659. The van der Waals surface area contributed by atoms with Crippen molar-refractivity contribution in [3.05, 3.63) is 52.4 Å². The van der Waals surface area contributed by atoms with Gasteiger partial charge in [0.1, 0.15) is 13.7 Å². The standard InChI is InChI=1S/C20H23BN6/c1-25-20-15(11-24)17(13-6-4-5-12(9-22)18(13)21)14(10-23)19(27-20)16-7-2-3-8-26-16/h4-6,11,16-17,26H,2-3,7-8,21,24H2,1H3,(H,25,27)/b15-11-. The van der Waals surface area contributed by atoms with E-state index in [0.29, 0.717) is 17.0 Å². The van der Waals surface area contributed by atoms with Crippen LogP contribution in [0.4, 0.5) is 0 Å². The third-order valence-electron chi connectivity index (χ3n) is 5.41. The number of nitriles is 2. The van der Waals surface area contributed by atoms with E-state index in [-0.39, 0.29) is 12.0 Å². The average molecular weight is 358 g/mol. The van der Waals surface area contributed by atoms with Crippen LogP contribution in [-0.4, -0.2) is 33.3 Å². The van der Waals surface area contributed by atoms with Gasteiger partial charge in [-0.1, -0.05) is 24.0 Å². The van der Waals surface area contributed by atoms with Gasteiger partial charge in [-0.2, -0.15) is 10.5 Å². The van der Waals surface area contributed by atoms with E-state index in [4.69, 9.17) is 5.73 Å². The van der Waals surface area contributed by atoms with Gasteiger partial charge in [0.05, 0.1) is 23.6 Å². The topological polar surface area (TPSA) is 110 Å². The van der Waals surface area contributed by atoms with Crippen LogP contribution >= 0.6 is 0 Å². The van der Waals surface area contributed by atoms with Crippen LogP contribution in [0.3, 0.4) is 0 Å². The number of nitrogens with two attached hydrogens (primary N) is 1. The second kappa shape index (κ2) is 8.12. The zero-order valence-electron chi connectivity index (χ0n) is 15.7. The molecule has 136 valence electrons. The second-order valence-electron chi connectivity index (χ2n) is 6.83. The summed E-state index contributed by atoms with van der Waals surface area (Å²) in [5, 5.41) is 26.4. The minimum atomic E-state index is -0.341. The van der Waals surface area contributed by atoms with E-state index in [2.05, 4.69) is 27.8 Å². The molecule has 7 heteroatoms. The van der Waals surface area contributed by atoms with Gasteiger partial charge in [0.15, 0.2) is 0 Å². The minimum Gasteiger partial charge on any atom is -0.404 e. The van der Waals surface area contributed by atoms with Crippen LogP contribution in [0.1, 0.15) is 36.3 Å². The molecule has 1 saturated heterocycles. The van der Waals surface area contributed by atoms with Crippen molar-refractivity contribution in [2.24, 2.45) is 10.7 Å². The Balaban J connectivity index is 2.24. The number of amidine groups is 1. The molecule has 3 rings (SSSR count). The molecule has 0 spiro atoms. The number of hydrogen-bond acceptors (Lipinski definition) is 5. The maximum Gasteiger partial charge on any atom is 0.141 e. The smallest absolute Gasteiger partial charge is 0.141 e. The van der Waals surface area contributed by atoms with Crippen LogP contribution in [0.25, 0.3) is 0 Å². The largest absolute Gasteiger partial charge is 0.404 e. The number of nitrogens with one attached hydrogen (secondary N) is 2. The van der Waals surface area contributed by atoms with E-state index in [9.17, 15) is 10.5 Å². The lowest BCUT2D eigenvalue weighted by Crippen LogP contribution is -2.46. The molecule has 0 aromatic heterocycles. The highest BCUT2D eigenvalue weighted by Crippen LogP contribution is 2.37. The molecule has 4 N–H and O–H groups in total. The highest BCUT2D eigenvalue weighted by molar-refractivity contribution is 6.35. The molecule has 0 saturated carbocycles. The Hall–Kier alpha value is -3.03. The number of rotatable bonds is 2. The summed E-state index contributed by atoms with van der Waals surface area (Å²) >= 11 is 0. The molecule has 27 heavy (non-hydrogen) atoms. The summed E-state index contributed by atoms with van der Waals surface area (Å²) in [6.07, 6.45) is 4.74. The van der Waals surface area contributed by atoms with E-state index in [1.807, 2.05) is 20.0 Å². The van der Waals surface area contributed by atoms with Crippen molar-refractivity contribution in [2.45, 2.75) is 31.2 Å². The summed E-state index contributed by atoms with van der Waals surface area (Å²) < 4.78 is 0. The van der Waals surface area contributed by atoms with Crippen LogP contribution in [0.5, 0.6) is 0 Å². The lowest BCUT2D eigenvalue weighted by atomic mass is 9.73. The fraction of sp³-hybridized carbons (Fsp3) is 0.350. The van der Waals surface area contributed by atoms with Crippen molar-refractivity contribution < 1.29 is 0 Å². The first-order valence-electron chi connectivity index (χ1n) is 9.19. The van der Waals surface area contributed by atoms with Gasteiger partial charge < -0.3 is 16.4 Å². The van der Waals surface area contributed by atoms with Crippen LogP contribution in [-0.2, 0) is 0 Å². The SMILES string of the molecule is Bc1c(C#N)cccc1C1C(C#N)=C(C2CCCCN2)NC(=N/C)/C1=C\N. The maximum atomic E-state index is 10.1. The Labute approximate surface area is 160 Å². The Morgan fingerprint density at radius 2 is 2.11 bits per heavy atom. The predicted octanol–water partition coefficient (Wildman–Crippen LogP) is 0.294. The number of piperidine rings is 1. The van der Waals surface area contributed by atoms with Crippen LogP contribution < -0.4 is 21.8 Å². The van der Waals surface area contributed by atoms with E-state index in [0.717, 1.165) is 48.1 Å². The lowest BCUT2D eigenvalue weighted by molar-refractivity contribution is 0.428. The van der Waals surface area contributed by atoms with Crippen molar-refractivity contribution in [2.75, 3.05) is 13.6 Å². The van der Waals surface area contributed by atoms with Gasteiger partial charge in [-0.25, -0.2) is 0 Å². The molecular weight excluding hydrogens is 335 g/mol. The molecule has 0 bridgehead atoms. The summed E-state index contributed by atoms with van der Waals surface area (Å²) in [5.74, 6) is 0.331. The molecule has 0 amide bonds. The van der Waals surface area contributed by atoms with Crippen LogP contribution in [0, 0.1) is 22.7 Å². The number of benzene rings is 1. The minimum absolute atomic E-state index is 0.0893. The highest BCUT2D eigenvalue weighted by Gasteiger charge is 2.36. The molecule has 2 aliphatic heterocycles. The number of nitrogens with zero attached hydrogens (tertiary/aromatic N) is 3. The monoisotopic (exact) mass is 358 g/mol. The van der Waals surface area contributed by atoms with Crippen LogP contribution in [0.15, 0.2) is 46.2 Å². The predicted molar refractivity (Wildman–Crippen MR) is 109 cm³/mol. The summed E-state index contributed by atoms with van der Waals surface area (Å²) in [7, 11) is 3.63. The fourth-order valence-electron chi connectivity index (χ4n) is 3.98. The molecule has 2 unspecified atom stereocenters. The third kappa shape index (κ3) is 3.34. The molecule has 2 atom stereocenters. The van der Waals surface area contributed by atoms with E-state index < -0.39 is 0 Å². The Kier molecular flexibility index (Phi) is 5.64. The Morgan fingerprint density at radius 1 is 1.30 bits per heavy atom. The van der Waals surface area contributed by atoms with E-state index in [1.165, 1.54) is 6.20 Å². The molecular formula is C20H23BN6. The normalized spacial score (nSPS) is 25.7. The third-order valence-corrected chi connectivity index (χ3v) is 5.41. The molecule has 1 aromatic carbocycles. The van der Waals surface area contributed by atoms with Crippen molar-refractivity contribution in [1.29, 1.82) is 10.5 Å². The van der Waals surface area contributed by atoms with Gasteiger partial charge in [-0.15, -0.1) is 0 Å². The van der Waals surface area contributed by atoms with Gasteiger partial charge in [-0.05, 0) is 31.0 Å². The number of hydrogen-bond donors (Lipinski definition) is 3. The van der Waals surface area contributed by atoms with Gasteiger partial charge in [-0.3, -0.25) is 4.99 Å². The highest BCUT2D eigenvalue weighted by atomic mass is 15.1. The second-order valence-corrected chi connectivity index (χ2v) is 6.83. The van der Waals surface area contributed by atoms with Gasteiger partial charge >= 0.3 is 0 Å². The first kappa shape index (κ1) is 18.8. The molecule has 1 aromatic rings. The zero-order chi connectivity index (χ0) is 19.4. The first-order chi connectivity index (χ1) is 13.2. The molecule has 1 fully saturated rings. The van der Waals surface area contributed by atoms with Gasteiger partial charge in [0, 0.05) is 36.1 Å². The van der Waals surface area contributed by atoms with E-state index >= 15 is 0 Å². The maximum absolute atomic E-state index is 10.1. The molecule has 2 aliphatic rings. The van der Waals surface area contributed by atoms with Crippen LogP contribution in [0.2, 0.25) is 0 Å². The Morgan fingerprint density at radius 3 is 2.70 bits per heavy atom. The molecule has 2 heterocycles. The van der Waals surface area contributed by atoms with Gasteiger partial charge in [0.2, 0.25) is 0 Å². The van der Waals surface area contributed by atoms with Crippen molar-refractivity contribution in [3.63, 3.8) is 0 Å². The van der Waals surface area contributed by atoms with Crippen molar-refractivity contribution in [1.82, 2.24) is 10.6 Å². The van der Waals surface area contributed by atoms with Crippen molar-refractivity contribution >= 4 is 19.1 Å². The first-order valence-corrected chi connectivity index (χ1v) is 9.19. The summed E-state index contributed by atoms with van der Waals surface area (Å²) in [6.45, 7) is 0.931. The Bertz CT molecular complexity index is 909. The zero-order valence-corrected chi connectivity index (χ0v) is 15.7. The fourth-order valence-corrected chi connectivity index (χ4v) is 3.98. The molecule has 0 radical (unpaired) electrons. The number of allylic oxidation sites excluding steroid dienone is 1. The summed E-state index contributed by atoms with van der Waals surface area (Å²) in [4.78, 5) is 4.38. The van der Waals surface area contributed by atoms with Gasteiger partial charge in [0.25, 0.3) is 0 Å². The average Bonchev–Trinajstić information content (AvgIpc) is 2.73. The summed E-state index contributed by atoms with van der Waals surface area (Å²) in [5.41, 5.74) is 10.6.